The number of methoxy groups -OCH3 is 2. The second kappa shape index (κ2) is 10.2. The Hall–Kier alpha value is -2.64. The summed E-state index contributed by atoms with van der Waals surface area (Å²) in [6.07, 6.45) is 0. The molecule has 0 aliphatic carbocycles. The first-order chi connectivity index (χ1) is 13.8. The number of anilines is 1. The number of carbonyl (C=O) groups is 2. The fourth-order valence-corrected chi connectivity index (χ4v) is 3.59. The zero-order valence-corrected chi connectivity index (χ0v) is 18.1. The summed E-state index contributed by atoms with van der Waals surface area (Å²) in [5.74, 6) is 0.475. The van der Waals surface area contributed by atoms with Crippen LogP contribution in [0.4, 0.5) is 5.69 Å². The first-order valence-electron chi connectivity index (χ1n) is 9.59. The number of nitrogens with one attached hydrogen (secondary N) is 1. The number of aromatic nitrogens is 1. The third kappa shape index (κ3) is 5.92. The van der Waals surface area contributed by atoms with Gasteiger partial charge in [0, 0.05) is 35.8 Å². The van der Waals surface area contributed by atoms with Gasteiger partial charge in [-0.05, 0) is 46.0 Å². The van der Waals surface area contributed by atoms with Crippen molar-refractivity contribution in [3.8, 4) is 5.75 Å². The minimum Gasteiger partial charge on any atom is -0.497 e. The van der Waals surface area contributed by atoms with E-state index in [0.717, 1.165) is 11.4 Å². The van der Waals surface area contributed by atoms with Crippen molar-refractivity contribution in [3.63, 3.8) is 0 Å². The van der Waals surface area contributed by atoms with Crippen LogP contribution in [0.3, 0.4) is 0 Å². The van der Waals surface area contributed by atoms with Crippen LogP contribution in [0.15, 0.2) is 30.3 Å². The van der Waals surface area contributed by atoms with E-state index < -0.39 is 0 Å². The molecule has 7 nitrogen and oxygen atoms in total. The lowest BCUT2D eigenvalue weighted by Gasteiger charge is -2.18. The van der Waals surface area contributed by atoms with Gasteiger partial charge in [-0.25, -0.2) is 0 Å². The largest absolute Gasteiger partial charge is 0.497 e. The Labute approximate surface area is 172 Å². The van der Waals surface area contributed by atoms with Crippen molar-refractivity contribution in [2.24, 2.45) is 0 Å². The van der Waals surface area contributed by atoms with Gasteiger partial charge in [-0.15, -0.1) is 0 Å². The number of ether oxygens (including phenoxy) is 2. The number of amides is 1. The van der Waals surface area contributed by atoms with E-state index in [9.17, 15) is 9.59 Å². The maximum Gasteiger partial charge on any atom is 0.238 e. The second-order valence-corrected chi connectivity index (χ2v) is 7.33. The number of Topliss-reactive ketones (excluding diaryl/α,β-unsaturated/α-hetero) is 1. The fraction of sp³-hybridized carbons (Fsp3) is 0.455. The predicted molar refractivity (Wildman–Crippen MR) is 114 cm³/mol. The maximum atomic E-state index is 12.8. The average molecular weight is 402 g/mol. The van der Waals surface area contributed by atoms with Crippen LogP contribution in [-0.4, -0.2) is 62.1 Å². The van der Waals surface area contributed by atoms with Gasteiger partial charge in [-0.2, -0.15) is 0 Å². The van der Waals surface area contributed by atoms with Gasteiger partial charge < -0.3 is 19.4 Å². The van der Waals surface area contributed by atoms with Crippen LogP contribution >= 0.6 is 0 Å². The highest BCUT2D eigenvalue weighted by Gasteiger charge is 2.20. The molecule has 29 heavy (non-hydrogen) atoms. The normalized spacial score (nSPS) is 12.1. The number of rotatable bonds is 10. The van der Waals surface area contributed by atoms with Crippen LogP contribution in [0.2, 0.25) is 0 Å². The third-order valence-electron chi connectivity index (χ3n) is 4.81. The Kier molecular flexibility index (Phi) is 7.99. The van der Waals surface area contributed by atoms with Crippen molar-refractivity contribution >= 4 is 17.4 Å². The topological polar surface area (TPSA) is 72.8 Å². The van der Waals surface area contributed by atoms with E-state index in [4.69, 9.17) is 9.47 Å². The lowest BCUT2D eigenvalue weighted by atomic mass is 10.1. The highest BCUT2D eigenvalue weighted by Crippen LogP contribution is 2.21. The number of aryl methyl sites for hydroxylation is 1. The number of carbonyl (C=O) groups excluding carboxylic acids is 2. The van der Waals surface area contributed by atoms with Crippen LogP contribution in [0, 0.1) is 13.8 Å². The highest BCUT2D eigenvalue weighted by atomic mass is 16.5. The molecule has 1 atom stereocenters. The second-order valence-electron chi connectivity index (χ2n) is 7.33. The standard InChI is InChI=1S/C22H31N3O4/c1-15-10-20(17(3)25(15)16(2)14-28-5)21(26)12-24(4)13-22(27)23-18-8-7-9-19(11-18)29-6/h7-11,16H,12-14H2,1-6H3,(H,23,27)/t16-/m0/s1. The highest BCUT2D eigenvalue weighted by molar-refractivity contribution is 5.99. The molecule has 0 spiro atoms. The molecule has 0 bridgehead atoms. The van der Waals surface area contributed by atoms with Crippen LogP contribution in [0.1, 0.15) is 34.7 Å². The number of likely N-dealkylation sites (N-methyl/N-ethyl adjacent to an activating group) is 1. The molecular formula is C22H31N3O4. The Morgan fingerprint density at radius 3 is 2.55 bits per heavy atom. The Morgan fingerprint density at radius 1 is 1.17 bits per heavy atom. The molecule has 2 aromatic rings. The summed E-state index contributed by atoms with van der Waals surface area (Å²) in [4.78, 5) is 26.8. The Morgan fingerprint density at radius 2 is 1.90 bits per heavy atom. The number of hydrogen-bond acceptors (Lipinski definition) is 5. The molecule has 0 saturated heterocycles. The summed E-state index contributed by atoms with van der Waals surface area (Å²) < 4.78 is 12.5. The maximum absolute atomic E-state index is 12.8. The summed E-state index contributed by atoms with van der Waals surface area (Å²) in [6.45, 7) is 6.85. The van der Waals surface area contributed by atoms with Gasteiger partial charge in [0.2, 0.25) is 5.91 Å². The summed E-state index contributed by atoms with van der Waals surface area (Å²) in [7, 11) is 5.01. The van der Waals surface area contributed by atoms with Crippen LogP contribution in [-0.2, 0) is 9.53 Å². The molecule has 0 radical (unpaired) electrons. The zero-order valence-electron chi connectivity index (χ0n) is 18.1. The van der Waals surface area contributed by atoms with Gasteiger partial charge in [0.25, 0.3) is 0 Å². The molecular weight excluding hydrogens is 370 g/mol. The Bertz CT molecular complexity index is 860. The molecule has 1 aromatic heterocycles. The van der Waals surface area contributed by atoms with Crippen LogP contribution in [0.5, 0.6) is 5.75 Å². The molecule has 1 amide bonds. The van der Waals surface area contributed by atoms with Gasteiger partial charge in [-0.1, -0.05) is 6.07 Å². The summed E-state index contributed by atoms with van der Waals surface area (Å²) >= 11 is 0. The fourth-order valence-electron chi connectivity index (χ4n) is 3.59. The number of ketones is 1. The average Bonchev–Trinajstić information content (AvgIpc) is 2.96. The molecule has 158 valence electrons. The van der Waals surface area contributed by atoms with E-state index >= 15 is 0 Å². The summed E-state index contributed by atoms with van der Waals surface area (Å²) in [5, 5.41) is 2.82. The van der Waals surface area contributed by atoms with Crippen molar-refractivity contribution in [1.82, 2.24) is 9.47 Å². The minimum absolute atomic E-state index is 0.00866. The molecule has 0 unspecified atom stereocenters. The lowest BCUT2D eigenvalue weighted by molar-refractivity contribution is -0.116. The minimum atomic E-state index is -0.187. The van der Waals surface area contributed by atoms with E-state index in [1.807, 2.05) is 32.0 Å². The first-order valence-corrected chi connectivity index (χ1v) is 9.59. The number of nitrogens with zero attached hydrogens (tertiary/aromatic N) is 2. The smallest absolute Gasteiger partial charge is 0.238 e. The van der Waals surface area contributed by atoms with E-state index in [1.54, 1.807) is 38.3 Å². The molecule has 7 heteroatoms. The van der Waals surface area contributed by atoms with Crippen molar-refractivity contribution in [1.29, 1.82) is 0 Å². The quantitative estimate of drug-likeness (QED) is 0.620. The van der Waals surface area contributed by atoms with E-state index in [2.05, 4.69) is 16.8 Å². The van der Waals surface area contributed by atoms with Crippen molar-refractivity contribution in [2.75, 3.05) is 46.3 Å². The van der Waals surface area contributed by atoms with Crippen molar-refractivity contribution < 1.29 is 19.1 Å². The summed E-state index contributed by atoms with van der Waals surface area (Å²) in [5.41, 5.74) is 3.29. The molecule has 1 aromatic carbocycles. The molecule has 0 aliphatic heterocycles. The first kappa shape index (κ1) is 22.6. The van der Waals surface area contributed by atoms with Crippen LogP contribution < -0.4 is 10.1 Å². The van der Waals surface area contributed by atoms with Gasteiger partial charge in [-0.3, -0.25) is 14.5 Å². The SMILES string of the molecule is COC[C@H](C)n1c(C)cc(C(=O)CN(C)CC(=O)Nc2cccc(OC)c2)c1C. The Balaban J connectivity index is 1.98. The lowest BCUT2D eigenvalue weighted by Crippen LogP contribution is -2.34. The number of hydrogen-bond donors (Lipinski definition) is 1. The van der Waals surface area contributed by atoms with Crippen molar-refractivity contribution in [3.05, 3.63) is 47.3 Å². The molecule has 2 rings (SSSR count). The molecule has 0 fully saturated rings. The van der Waals surface area contributed by atoms with E-state index in [1.165, 1.54) is 0 Å². The van der Waals surface area contributed by atoms with Gasteiger partial charge in [0.1, 0.15) is 5.75 Å². The van der Waals surface area contributed by atoms with Gasteiger partial charge in [0.15, 0.2) is 5.78 Å². The van der Waals surface area contributed by atoms with Gasteiger partial charge in [0.05, 0.1) is 32.8 Å². The predicted octanol–water partition coefficient (Wildman–Crippen LogP) is 3.07. The summed E-state index contributed by atoms with van der Waals surface area (Å²) in [6, 6.07) is 9.22. The third-order valence-corrected chi connectivity index (χ3v) is 4.81. The molecule has 1 heterocycles. The van der Waals surface area contributed by atoms with Crippen molar-refractivity contribution in [2.45, 2.75) is 26.8 Å². The monoisotopic (exact) mass is 401 g/mol. The molecule has 1 N–H and O–H groups in total. The zero-order chi connectivity index (χ0) is 21.6. The van der Waals surface area contributed by atoms with Crippen LogP contribution in [0.25, 0.3) is 0 Å². The molecule has 0 saturated carbocycles. The number of benzene rings is 1. The van der Waals surface area contributed by atoms with E-state index in [0.29, 0.717) is 23.6 Å². The van der Waals surface area contributed by atoms with Gasteiger partial charge >= 0.3 is 0 Å². The van der Waals surface area contributed by atoms with E-state index in [-0.39, 0.29) is 30.8 Å². The molecule has 0 aliphatic rings.